The van der Waals surface area contributed by atoms with Crippen molar-refractivity contribution in [2.24, 2.45) is 0 Å². The number of benzene rings is 2. The van der Waals surface area contributed by atoms with Crippen LogP contribution in [0, 0.1) is 6.92 Å². The van der Waals surface area contributed by atoms with E-state index in [0.717, 1.165) is 17.7 Å². The maximum Gasteiger partial charge on any atom is 0.338 e. The molecule has 0 saturated carbocycles. The molecule has 1 amide bonds. The van der Waals surface area contributed by atoms with Gasteiger partial charge in [0, 0.05) is 18.8 Å². The van der Waals surface area contributed by atoms with Crippen molar-refractivity contribution in [3.63, 3.8) is 0 Å². The number of amides is 1. The number of rotatable bonds is 4. The molecule has 2 aromatic carbocycles. The van der Waals surface area contributed by atoms with Gasteiger partial charge in [0.1, 0.15) is 5.69 Å². The predicted octanol–water partition coefficient (Wildman–Crippen LogP) is 2.86. The molecule has 0 N–H and O–H groups in total. The van der Waals surface area contributed by atoms with Gasteiger partial charge in [0.05, 0.1) is 16.6 Å². The molecule has 7 heteroatoms. The zero-order valence-electron chi connectivity index (χ0n) is 17.2. The van der Waals surface area contributed by atoms with Gasteiger partial charge in [-0.05, 0) is 57.0 Å². The summed E-state index contributed by atoms with van der Waals surface area (Å²) in [5.74, 6) is -0.846. The molecule has 30 heavy (non-hydrogen) atoms. The van der Waals surface area contributed by atoms with Crippen molar-refractivity contribution in [1.29, 1.82) is 0 Å². The molecule has 0 spiro atoms. The number of aromatic nitrogens is 2. The second kappa shape index (κ2) is 7.74. The number of hydrogen-bond acceptors (Lipinski definition) is 5. The van der Waals surface area contributed by atoms with Crippen LogP contribution in [0.5, 0.6) is 0 Å². The quantitative estimate of drug-likeness (QED) is 0.624. The molecule has 1 aliphatic heterocycles. The fourth-order valence-electron chi connectivity index (χ4n) is 3.88. The van der Waals surface area contributed by atoms with E-state index in [2.05, 4.69) is 4.98 Å². The predicted molar refractivity (Wildman–Crippen MR) is 114 cm³/mol. The maximum atomic E-state index is 12.9. The molecule has 0 bridgehead atoms. The summed E-state index contributed by atoms with van der Waals surface area (Å²) in [6, 6.07) is 12.6. The first-order valence-electron chi connectivity index (χ1n) is 10.0. The van der Waals surface area contributed by atoms with E-state index in [1.54, 1.807) is 41.5 Å². The lowest BCUT2D eigenvalue weighted by atomic mass is 10.1. The lowest BCUT2D eigenvalue weighted by Gasteiger charge is -2.21. The van der Waals surface area contributed by atoms with E-state index >= 15 is 0 Å². The van der Waals surface area contributed by atoms with E-state index in [1.807, 2.05) is 31.2 Å². The van der Waals surface area contributed by atoms with E-state index < -0.39 is 12.1 Å². The van der Waals surface area contributed by atoms with Gasteiger partial charge in [-0.25, -0.2) is 9.78 Å². The number of carbonyl (C=O) groups excluding carboxylic acids is 2. The first kappa shape index (κ1) is 19.8. The number of para-hydroxylation sites is 1. The number of anilines is 1. The first-order chi connectivity index (χ1) is 14.4. The van der Waals surface area contributed by atoms with Crippen LogP contribution in [0.1, 0.15) is 35.5 Å². The molecule has 3 aromatic rings. The van der Waals surface area contributed by atoms with Crippen LogP contribution in [-0.2, 0) is 22.5 Å². The van der Waals surface area contributed by atoms with Crippen LogP contribution in [0.3, 0.4) is 0 Å². The molecule has 0 saturated heterocycles. The van der Waals surface area contributed by atoms with Gasteiger partial charge in [0.2, 0.25) is 0 Å². The summed E-state index contributed by atoms with van der Waals surface area (Å²) in [6.07, 6.45) is -0.129. The molecule has 1 aliphatic rings. The molecule has 1 atom stereocenters. The highest BCUT2D eigenvalue weighted by atomic mass is 16.5. The third-order valence-electron chi connectivity index (χ3n) is 5.45. The van der Waals surface area contributed by atoms with Crippen molar-refractivity contribution in [3.05, 3.63) is 69.6 Å². The van der Waals surface area contributed by atoms with Crippen molar-refractivity contribution >= 4 is 28.6 Å². The van der Waals surface area contributed by atoms with E-state index in [9.17, 15) is 14.4 Å². The Hall–Kier alpha value is -3.48. The smallest absolute Gasteiger partial charge is 0.338 e. The van der Waals surface area contributed by atoms with Crippen molar-refractivity contribution < 1.29 is 14.3 Å². The Kier molecular flexibility index (Phi) is 5.11. The molecular weight excluding hydrogens is 382 g/mol. The summed E-state index contributed by atoms with van der Waals surface area (Å²) in [4.78, 5) is 43.7. The van der Waals surface area contributed by atoms with E-state index in [4.69, 9.17) is 4.74 Å². The monoisotopic (exact) mass is 405 g/mol. The van der Waals surface area contributed by atoms with Gasteiger partial charge in [-0.2, -0.15) is 0 Å². The zero-order valence-corrected chi connectivity index (χ0v) is 17.2. The van der Waals surface area contributed by atoms with Crippen LogP contribution in [-0.4, -0.2) is 34.1 Å². The minimum absolute atomic E-state index is 0.148. The van der Waals surface area contributed by atoms with Crippen LogP contribution in [0.15, 0.2) is 47.3 Å². The topological polar surface area (TPSA) is 81.5 Å². The minimum Gasteiger partial charge on any atom is -0.449 e. The lowest BCUT2D eigenvalue weighted by molar-refractivity contribution is -0.126. The molecule has 154 valence electrons. The Morgan fingerprint density at radius 2 is 1.97 bits per heavy atom. The zero-order chi connectivity index (χ0) is 21.4. The van der Waals surface area contributed by atoms with Crippen LogP contribution < -0.4 is 10.5 Å². The van der Waals surface area contributed by atoms with Gasteiger partial charge in [-0.15, -0.1) is 0 Å². The third kappa shape index (κ3) is 3.36. The third-order valence-corrected chi connectivity index (χ3v) is 5.45. The van der Waals surface area contributed by atoms with Crippen LogP contribution >= 0.6 is 0 Å². The highest BCUT2D eigenvalue weighted by Crippen LogP contribution is 2.28. The largest absolute Gasteiger partial charge is 0.449 e. The summed E-state index contributed by atoms with van der Waals surface area (Å²) in [6.45, 7) is 6.19. The second-order valence-electron chi connectivity index (χ2n) is 7.37. The Morgan fingerprint density at radius 3 is 2.73 bits per heavy atom. The lowest BCUT2D eigenvalue weighted by Crippen LogP contribution is -2.39. The normalized spacial score (nSPS) is 13.9. The van der Waals surface area contributed by atoms with Crippen LogP contribution in [0.25, 0.3) is 11.0 Å². The number of hydrogen-bond donors (Lipinski definition) is 0. The van der Waals surface area contributed by atoms with Crippen molar-refractivity contribution in [3.8, 4) is 0 Å². The molecule has 2 heterocycles. The van der Waals surface area contributed by atoms with E-state index in [1.165, 1.54) is 0 Å². The Morgan fingerprint density at radius 1 is 1.20 bits per heavy atom. The van der Waals surface area contributed by atoms with Gasteiger partial charge in [-0.3, -0.25) is 9.59 Å². The number of aryl methyl sites for hydroxylation is 2. The molecular formula is C23H23N3O4. The second-order valence-corrected chi connectivity index (χ2v) is 7.37. The summed E-state index contributed by atoms with van der Waals surface area (Å²) in [5.41, 5.74) is 3.68. The van der Waals surface area contributed by atoms with Gasteiger partial charge in [0.15, 0.2) is 6.10 Å². The molecule has 4 rings (SSSR count). The number of nitrogens with zero attached hydrogens (tertiary/aromatic N) is 3. The number of carbonyl (C=O) groups is 2. The van der Waals surface area contributed by atoms with Gasteiger partial charge >= 0.3 is 5.97 Å². The fraction of sp³-hybridized carbons (Fsp3) is 0.304. The minimum atomic E-state index is -0.918. The Labute approximate surface area is 173 Å². The Balaban J connectivity index is 1.55. The standard InChI is InChI=1S/C23H23N3O4/c1-4-25-20-10-9-17(13-18(20)24-14(2)21(25)27)23(29)30-15(3)22(28)26-12-11-16-7-5-6-8-19(16)26/h5-10,13,15H,4,11-12H2,1-3H3/t15-/m0/s1. The average Bonchev–Trinajstić information content (AvgIpc) is 3.18. The molecule has 0 fully saturated rings. The Bertz CT molecular complexity index is 1210. The maximum absolute atomic E-state index is 12.9. The van der Waals surface area contributed by atoms with Crippen LogP contribution in [0.2, 0.25) is 0 Å². The average molecular weight is 405 g/mol. The molecule has 0 aliphatic carbocycles. The van der Waals surface area contributed by atoms with Crippen molar-refractivity contribution in [2.45, 2.75) is 39.8 Å². The number of ether oxygens (including phenoxy) is 1. The van der Waals surface area contributed by atoms with Crippen molar-refractivity contribution in [2.75, 3.05) is 11.4 Å². The van der Waals surface area contributed by atoms with Crippen LogP contribution in [0.4, 0.5) is 5.69 Å². The van der Waals surface area contributed by atoms with E-state index in [-0.39, 0.29) is 17.0 Å². The fourth-order valence-corrected chi connectivity index (χ4v) is 3.88. The van der Waals surface area contributed by atoms with Gasteiger partial charge < -0.3 is 14.2 Å². The highest BCUT2D eigenvalue weighted by molar-refractivity contribution is 6.01. The molecule has 7 nitrogen and oxygen atoms in total. The summed E-state index contributed by atoms with van der Waals surface area (Å²) < 4.78 is 7.07. The van der Waals surface area contributed by atoms with Gasteiger partial charge in [0.25, 0.3) is 11.5 Å². The summed E-state index contributed by atoms with van der Waals surface area (Å²) in [7, 11) is 0. The number of esters is 1. The molecule has 0 unspecified atom stereocenters. The van der Waals surface area contributed by atoms with Crippen molar-refractivity contribution in [1.82, 2.24) is 9.55 Å². The summed E-state index contributed by atoms with van der Waals surface area (Å²) >= 11 is 0. The number of fused-ring (bicyclic) bond motifs is 2. The van der Waals surface area contributed by atoms with Gasteiger partial charge in [-0.1, -0.05) is 18.2 Å². The van der Waals surface area contributed by atoms with E-state index in [0.29, 0.717) is 29.8 Å². The summed E-state index contributed by atoms with van der Waals surface area (Å²) in [5, 5.41) is 0. The SMILES string of the molecule is CCn1c(=O)c(C)nc2cc(C(=O)O[C@@H](C)C(=O)N3CCc4ccccc43)ccc21. The highest BCUT2D eigenvalue weighted by Gasteiger charge is 2.30. The molecule has 0 radical (unpaired) electrons. The first-order valence-corrected chi connectivity index (χ1v) is 10.0. The molecule has 1 aromatic heterocycles.